The highest BCUT2D eigenvalue weighted by atomic mass is 16.5. The molecule has 0 radical (unpaired) electrons. The molecule has 7 heteroatoms. The normalized spacial score (nSPS) is 10.6. The molecular weight excluding hydrogens is 214 g/mol. The smallest absolute Gasteiger partial charge is 0.219 e. The molecule has 0 aromatic carbocycles. The molecule has 0 aliphatic heterocycles. The lowest BCUT2D eigenvalue weighted by atomic mass is 10.4. The molecule has 0 heterocycles. The number of ether oxygens (including phenoxy) is 3. The summed E-state index contributed by atoms with van der Waals surface area (Å²) in [5.41, 5.74) is 7.41. The first-order valence-corrected chi connectivity index (χ1v) is 5.22. The van der Waals surface area contributed by atoms with Crippen LogP contribution in [0.25, 0.3) is 0 Å². The largest absolute Gasteiger partial charge is 0.379 e. The van der Waals surface area contributed by atoms with E-state index in [4.69, 9.17) is 25.8 Å². The maximum absolute atomic E-state index is 10.3. The van der Waals surface area contributed by atoms with Crippen molar-refractivity contribution in [2.24, 2.45) is 11.6 Å². The Kier molecular flexibility index (Phi) is 11.8. The van der Waals surface area contributed by atoms with Crippen molar-refractivity contribution in [3.05, 3.63) is 0 Å². The fourth-order valence-electron chi connectivity index (χ4n) is 0.846. The van der Waals surface area contributed by atoms with E-state index < -0.39 is 0 Å². The van der Waals surface area contributed by atoms with Gasteiger partial charge in [0.05, 0.1) is 39.6 Å². The fraction of sp³-hybridized carbons (Fsp3) is 0.889. The first kappa shape index (κ1) is 15.3. The lowest BCUT2D eigenvalue weighted by Crippen LogP contribution is -2.26. The highest BCUT2D eigenvalue weighted by Gasteiger charge is 1.94. The Morgan fingerprint density at radius 1 is 0.938 bits per heavy atom. The zero-order chi connectivity index (χ0) is 12.1. The van der Waals surface area contributed by atoms with E-state index in [1.54, 1.807) is 0 Å². The molecule has 0 atom stereocenters. The van der Waals surface area contributed by atoms with Gasteiger partial charge in [-0.1, -0.05) is 0 Å². The quantitative estimate of drug-likeness (QED) is 0.213. The van der Waals surface area contributed by atoms with E-state index in [1.807, 2.05) is 0 Å². The Hall–Kier alpha value is -0.730. The van der Waals surface area contributed by atoms with Gasteiger partial charge in [0.1, 0.15) is 0 Å². The average molecular weight is 235 g/mol. The SMILES string of the molecule is NNCCOCCOCCOCCC(N)=O. The van der Waals surface area contributed by atoms with Crippen molar-refractivity contribution >= 4 is 5.91 Å². The predicted octanol–water partition coefficient (Wildman–Crippen LogP) is -1.63. The van der Waals surface area contributed by atoms with Crippen LogP contribution in [0.5, 0.6) is 0 Å². The Labute approximate surface area is 95.4 Å². The summed E-state index contributed by atoms with van der Waals surface area (Å²) in [7, 11) is 0. The van der Waals surface area contributed by atoms with Gasteiger partial charge in [0, 0.05) is 13.0 Å². The highest BCUT2D eigenvalue weighted by Crippen LogP contribution is 1.83. The first-order chi connectivity index (χ1) is 7.77. The van der Waals surface area contributed by atoms with E-state index in [-0.39, 0.29) is 12.3 Å². The van der Waals surface area contributed by atoms with E-state index in [1.165, 1.54) is 0 Å². The van der Waals surface area contributed by atoms with Gasteiger partial charge >= 0.3 is 0 Å². The number of rotatable bonds is 12. The van der Waals surface area contributed by atoms with Gasteiger partial charge in [0.25, 0.3) is 0 Å². The van der Waals surface area contributed by atoms with Crippen LogP contribution in [0.15, 0.2) is 0 Å². The summed E-state index contributed by atoms with van der Waals surface area (Å²) in [6.07, 6.45) is 0.245. The van der Waals surface area contributed by atoms with Crippen LogP contribution >= 0.6 is 0 Å². The summed E-state index contributed by atoms with van der Waals surface area (Å²) >= 11 is 0. The zero-order valence-corrected chi connectivity index (χ0v) is 9.44. The van der Waals surface area contributed by atoms with Crippen LogP contribution in [-0.4, -0.2) is 52.1 Å². The summed E-state index contributed by atoms with van der Waals surface area (Å²) in [6.45, 7) is 3.52. The van der Waals surface area contributed by atoms with Crippen molar-refractivity contribution in [1.82, 2.24) is 5.43 Å². The maximum Gasteiger partial charge on any atom is 0.219 e. The van der Waals surface area contributed by atoms with Crippen molar-refractivity contribution in [3.63, 3.8) is 0 Å². The van der Waals surface area contributed by atoms with Gasteiger partial charge in [-0.05, 0) is 0 Å². The van der Waals surface area contributed by atoms with Crippen LogP contribution in [-0.2, 0) is 19.0 Å². The van der Waals surface area contributed by atoms with Gasteiger partial charge in [-0.2, -0.15) is 0 Å². The number of amides is 1. The molecule has 96 valence electrons. The summed E-state index contributed by atoms with van der Waals surface area (Å²) in [4.78, 5) is 10.3. The van der Waals surface area contributed by atoms with Gasteiger partial charge in [-0.3, -0.25) is 16.1 Å². The van der Waals surface area contributed by atoms with Crippen LogP contribution in [0.4, 0.5) is 0 Å². The lowest BCUT2D eigenvalue weighted by Gasteiger charge is -2.06. The third kappa shape index (κ3) is 13.3. The van der Waals surface area contributed by atoms with Crippen molar-refractivity contribution in [2.75, 3.05) is 46.2 Å². The van der Waals surface area contributed by atoms with Gasteiger partial charge in [-0.25, -0.2) is 0 Å². The number of carbonyl (C=O) groups excluding carboxylic acids is 1. The van der Waals surface area contributed by atoms with Gasteiger partial charge < -0.3 is 19.9 Å². The van der Waals surface area contributed by atoms with Gasteiger partial charge in [0.15, 0.2) is 0 Å². The number of primary amides is 1. The van der Waals surface area contributed by atoms with E-state index >= 15 is 0 Å². The van der Waals surface area contributed by atoms with E-state index in [9.17, 15) is 4.79 Å². The van der Waals surface area contributed by atoms with Gasteiger partial charge in [0.2, 0.25) is 5.91 Å². The maximum atomic E-state index is 10.3. The van der Waals surface area contributed by atoms with E-state index in [0.717, 1.165) is 0 Å². The van der Waals surface area contributed by atoms with Crippen LogP contribution in [0.2, 0.25) is 0 Å². The molecule has 0 saturated carbocycles. The molecule has 5 N–H and O–H groups in total. The van der Waals surface area contributed by atoms with Gasteiger partial charge in [-0.15, -0.1) is 0 Å². The molecule has 0 aliphatic rings. The van der Waals surface area contributed by atoms with Crippen LogP contribution in [0.1, 0.15) is 6.42 Å². The molecule has 0 bridgehead atoms. The molecule has 0 rings (SSSR count). The number of hydrogen-bond donors (Lipinski definition) is 3. The molecule has 0 fully saturated rings. The molecule has 0 aromatic heterocycles. The van der Waals surface area contributed by atoms with E-state index in [0.29, 0.717) is 46.2 Å². The average Bonchev–Trinajstić information content (AvgIpc) is 2.25. The molecule has 0 unspecified atom stereocenters. The summed E-state index contributed by atoms with van der Waals surface area (Å²) in [5, 5.41) is 0. The Morgan fingerprint density at radius 3 is 1.94 bits per heavy atom. The minimum atomic E-state index is -0.358. The molecule has 0 spiro atoms. The predicted molar refractivity (Wildman–Crippen MR) is 58.5 cm³/mol. The highest BCUT2D eigenvalue weighted by molar-refractivity contribution is 5.73. The number of nitrogens with two attached hydrogens (primary N) is 2. The Morgan fingerprint density at radius 2 is 1.44 bits per heavy atom. The summed E-state index contributed by atoms with van der Waals surface area (Å²) in [6, 6.07) is 0. The van der Waals surface area contributed by atoms with Crippen LogP contribution < -0.4 is 17.0 Å². The second kappa shape index (κ2) is 12.3. The van der Waals surface area contributed by atoms with Crippen molar-refractivity contribution < 1.29 is 19.0 Å². The Bertz CT molecular complexity index is 169. The minimum absolute atomic E-state index is 0.245. The number of hydrazine groups is 1. The minimum Gasteiger partial charge on any atom is -0.379 e. The van der Waals surface area contributed by atoms with Crippen molar-refractivity contribution in [2.45, 2.75) is 6.42 Å². The molecule has 0 aliphatic carbocycles. The standard InChI is InChI=1S/C9H21N3O4/c10-9(13)1-3-14-5-7-16-8-6-15-4-2-12-11/h12H,1-8,11H2,(H2,10,13). The fourth-order valence-corrected chi connectivity index (χ4v) is 0.846. The summed E-state index contributed by atoms with van der Waals surface area (Å²) < 4.78 is 15.5. The third-order valence-electron chi connectivity index (χ3n) is 1.63. The monoisotopic (exact) mass is 235 g/mol. The molecule has 0 saturated heterocycles. The molecule has 0 aromatic rings. The molecule has 16 heavy (non-hydrogen) atoms. The van der Waals surface area contributed by atoms with E-state index in [2.05, 4.69) is 5.43 Å². The number of carbonyl (C=O) groups is 1. The molecule has 1 amide bonds. The van der Waals surface area contributed by atoms with Crippen molar-refractivity contribution in [1.29, 1.82) is 0 Å². The third-order valence-corrected chi connectivity index (χ3v) is 1.63. The number of hydrogen-bond acceptors (Lipinski definition) is 6. The molecular formula is C9H21N3O4. The second-order valence-corrected chi connectivity index (χ2v) is 3.01. The zero-order valence-electron chi connectivity index (χ0n) is 9.44. The first-order valence-electron chi connectivity index (χ1n) is 5.22. The van der Waals surface area contributed by atoms with Crippen LogP contribution in [0.3, 0.4) is 0 Å². The second-order valence-electron chi connectivity index (χ2n) is 3.01. The molecule has 7 nitrogen and oxygen atoms in total. The number of nitrogens with one attached hydrogen (secondary N) is 1. The Balaban J connectivity index is 2.90. The van der Waals surface area contributed by atoms with Crippen LogP contribution in [0, 0.1) is 0 Å². The summed E-state index contributed by atoms with van der Waals surface area (Å²) in [5.74, 6) is 4.69. The topological polar surface area (TPSA) is 109 Å². The lowest BCUT2D eigenvalue weighted by molar-refractivity contribution is -0.119. The van der Waals surface area contributed by atoms with Crippen molar-refractivity contribution in [3.8, 4) is 0 Å².